The maximum Gasteiger partial charge on any atom is 0.306 e. The summed E-state index contributed by atoms with van der Waals surface area (Å²) in [4.78, 5) is 38.0. The van der Waals surface area contributed by atoms with Crippen LogP contribution in [-0.2, 0) is 28.6 Å². The standard InChI is InChI=1S/C59H98O6/c1-4-7-10-13-16-19-22-25-28-29-32-34-37-40-43-46-49-52-58(61)64-55-56(65-59(62)53-50-47-44-41-38-35-31-27-24-21-18-15-12-9-6-3)54-63-57(60)51-48-45-42-39-36-33-30-26-23-20-17-14-11-8-5-2/h16-21,25-28,30-32,34,40,43,56H,4-15,22-24,29,33,35-39,41-42,44-55H2,1-3H3/b19-16-,20-17-,21-18-,28-25-,30-26-,31-27-,34-32-,43-40-/t56-/m1/s1. The van der Waals surface area contributed by atoms with Crippen molar-refractivity contribution < 1.29 is 28.6 Å². The van der Waals surface area contributed by atoms with Gasteiger partial charge in [-0.3, -0.25) is 14.4 Å². The Morgan fingerprint density at radius 1 is 0.308 bits per heavy atom. The molecule has 0 aliphatic heterocycles. The first kappa shape index (κ1) is 61.3. The van der Waals surface area contributed by atoms with E-state index in [-0.39, 0.29) is 37.5 Å². The fourth-order valence-corrected chi connectivity index (χ4v) is 6.96. The highest BCUT2D eigenvalue weighted by Crippen LogP contribution is 2.13. The van der Waals surface area contributed by atoms with Gasteiger partial charge in [0.25, 0.3) is 0 Å². The van der Waals surface area contributed by atoms with E-state index in [0.29, 0.717) is 19.3 Å². The van der Waals surface area contributed by atoms with E-state index in [9.17, 15) is 14.4 Å². The maximum absolute atomic E-state index is 12.8. The van der Waals surface area contributed by atoms with Gasteiger partial charge in [-0.25, -0.2) is 0 Å². The summed E-state index contributed by atoms with van der Waals surface area (Å²) in [6.45, 7) is 6.48. The number of allylic oxidation sites excluding steroid dienone is 16. The van der Waals surface area contributed by atoms with Crippen molar-refractivity contribution in [1.29, 1.82) is 0 Å². The topological polar surface area (TPSA) is 78.9 Å². The Kier molecular flexibility index (Phi) is 50.0. The van der Waals surface area contributed by atoms with Crippen LogP contribution in [0.3, 0.4) is 0 Å². The lowest BCUT2D eigenvalue weighted by Gasteiger charge is -2.18. The van der Waals surface area contributed by atoms with Gasteiger partial charge in [-0.1, -0.05) is 195 Å². The first-order valence-electron chi connectivity index (χ1n) is 26.7. The summed E-state index contributed by atoms with van der Waals surface area (Å²) in [5.41, 5.74) is 0. The molecule has 0 bridgehead atoms. The normalized spacial score (nSPS) is 12.8. The number of ether oxygens (including phenoxy) is 3. The molecule has 0 aliphatic carbocycles. The third-order valence-electron chi connectivity index (χ3n) is 11.0. The molecule has 0 amide bonds. The van der Waals surface area contributed by atoms with Crippen molar-refractivity contribution >= 4 is 17.9 Å². The molecular weight excluding hydrogens is 805 g/mol. The van der Waals surface area contributed by atoms with E-state index in [4.69, 9.17) is 14.2 Å². The van der Waals surface area contributed by atoms with Crippen LogP contribution in [0.25, 0.3) is 0 Å². The lowest BCUT2D eigenvalue weighted by molar-refractivity contribution is -0.167. The van der Waals surface area contributed by atoms with Crippen LogP contribution in [0.2, 0.25) is 0 Å². The maximum atomic E-state index is 12.8. The molecule has 0 fully saturated rings. The predicted molar refractivity (Wildman–Crippen MR) is 279 cm³/mol. The van der Waals surface area contributed by atoms with E-state index in [1.54, 1.807) is 0 Å². The first-order valence-corrected chi connectivity index (χ1v) is 26.7. The van der Waals surface area contributed by atoms with Crippen molar-refractivity contribution in [3.05, 3.63) is 97.2 Å². The zero-order chi connectivity index (χ0) is 47.2. The Hall–Kier alpha value is -3.67. The minimum atomic E-state index is -0.813. The summed E-state index contributed by atoms with van der Waals surface area (Å²) < 4.78 is 16.7. The molecule has 6 heteroatoms. The number of rotatable bonds is 47. The van der Waals surface area contributed by atoms with Crippen molar-refractivity contribution in [2.45, 2.75) is 245 Å². The quantitative estimate of drug-likeness (QED) is 0.0262. The van der Waals surface area contributed by atoms with E-state index in [1.807, 2.05) is 0 Å². The molecule has 1 atom stereocenters. The second-order valence-corrected chi connectivity index (χ2v) is 17.4. The largest absolute Gasteiger partial charge is 0.462 e. The van der Waals surface area contributed by atoms with Gasteiger partial charge in [0, 0.05) is 19.3 Å². The van der Waals surface area contributed by atoms with Gasteiger partial charge in [-0.05, 0) is 122 Å². The highest BCUT2D eigenvalue weighted by Gasteiger charge is 2.19. The third kappa shape index (κ3) is 51.2. The Bertz CT molecular complexity index is 1310. The Labute approximate surface area is 400 Å². The predicted octanol–water partition coefficient (Wildman–Crippen LogP) is 17.8. The number of esters is 3. The number of hydrogen-bond acceptors (Lipinski definition) is 6. The zero-order valence-corrected chi connectivity index (χ0v) is 42.2. The second-order valence-electron chi connectivity index (χ2n) is 17.4. The van der Waals surface area contributed by atoms with Gasteiger partial charge in [0.2, 0.25) is 0 Å². The zero-order valence-electron chi connectivity index (χ0n) is 42.2. The van der Waals surface area contributed by atoms with Gasteiger partial charge in [-0.2, -0.15) is 0 Å². The number of carbonyl (C=O) groups is 3. The second kappa shape index (κ2) is 52.9. The molecule has 65 heavy (non-hydrogen) atoms. The van der Waals surface area contributed by atoms with Gasteiger partial charge in [0.05, 0.1) is 0 Å². The Balaban J connectivity index is 4.53. The van der Waals surface area contributed by atoms with E-state index in [0.717, 1.165) is 116 Å². The van der Waals surface area contributed by atoms with Crippen molar-refractivity contribution in [3.63, 3.8) is 0 Å². The van der Waals surface area contributed by atoms with Crippen LogP contribution in [0.4, 0.5) is 0 Å². The average molecular weight is 903 g/mol. The van der Waals surface area contributed by atoms with E-state index in [2.05, 4.69) is 118 Å². The number of unbranched alkanes of at least 4 members (excludes halogenated alkanes) is 20. The molecule has 0 aliphatic rings. The fourth-order valence-electron chi connectivity index (χ4n) is 6.96. The average Bonchev–Trinajstić information content (AvgIpc) is 3.30. The van der Waals surface area contributed by atoms with Crippen LogP contribution < -0.4 is 0 Å². The van der Waals surface area contributed by atoms with E-state index >= 15 is 0 Å². The molecule has 0 radical (unpaired) electrons. The molecule has 0 N–H and O–H groups in total. The molecule has 0 spiro atoms. The fraction of sp³-hybridized carbons (Fsp3) is 0.678. The highest BCUT2D eigenvalue weighted by atomic mass is 16.6. The van der Waals surface area contributed by atoms with Gasteiger partial charge in [-0.15, -0.1) is 0 Å². The third-order valence-corrected chi connectivity index (χ3v) is 11.0. The molecule has 0 unspecified atom stereocenters. The van der Waals surface area contributed by atoms with Crippen molar-refractivity contribution in [2.75, 3.05) is 13.2 Å². The summed E-state index contributed by atoms with van der Waals surface area (Å²) in [5, 5.41) is 0. The van der Waals surface area contributed by atoms with Crippen LogP contribution in [0.5, 0.6) is 0 Å². The number of hydrogen-bond donors (Lipinski definition) is 0. The molecule has 0 saturated carbocycles. The SMILES string of the molecule is CCCCC/C=C\C/C=C\C/C=C\C/C=C\CCCC(=O)OC[C@@H](COC(=O)CCCCCCC/C=C\C/C=C\CCCCC)OC(=O)CCCCCCC/C=C\C/C=C\CCCCC. The monoisotopic (exact) mass is 903 g/mol. The van der Waals surface area contributed by atoms with Gasteiger partial charge >= 0.3 is 17.9 Å². The molecule has 0 aromatic rings. The minimum Gasteiger partial charge on any atom is -0.462 e. The Morgan fingerprint density at radius 3 is 0.923 bits per heavy atom. The van der Waals surface area contributed by atoms with Crippen LogP contribution in [0.1, 0.15) is 239 Å². The van der Waals surface area contributed by atoms with E-state index in [1.165, 1.54) is 77.0 Å². The van der Waals surface area contributed by atoms with Gasteiger partial charge < -0.3 is 14.2 Å². The molecule has 0 aromatic carbocycles. The van der Waals surface area contributed by atoms with E-state index < -0.39 is 6.10 Å². The molecule has 0 rings (SSSR count). The molecule has 0 heterocycles. The first-order chi connectivity index (χ1) is 32.0. The van der Waals surface area contributed by atoms with Crippen LogP contribution >= 0.6 is 0 Å². The van der Waals surface area contributed by atoms with Crippen molar-refractivity contribution in [2.24, 2.45) is 0 Å². The summed E-state index contributed by atoms with van der Waals surface area (Å²) in [7, 11) is 0. The molecule has 6 nitrogen and oxygen atoms in total. The van der Waals surface area contributed by atoms with Crippen LogP contribution in [-0.4, -0.2) is 37.2 Å². The lowest BCUT2D eigenvalue weighted by atomic mass is 10.1. The summed E-state index contributed by atoms with van der Waals surface area (Å²) >= 11 is 0. The minimum absolute atomic E-state index is 0.109. The summed E-state index contributed by atoms with van der Waals surface area (Å²) in [6, 6.07) is 0. The Morgan fingerprint density at radius 2 is 0.569 bits per heavy atom. The molecule has 0 aromatic heterocycles. The van der Waals surface area contributed by atoms with Crippen LogP contribution in [0.15, 0.2) is 97.2 Å². The van der Waals surface area contributed by atoms with Gasteiger partial charge in [0.15, 0.2) is 6.10 Å². The van der Waals surface area contributed by atoms with Crippen molar-refractivity contribution in [1.82, 2.24) is 0 Å². The summed E-state index contributed by atoms with van der Waals surface area (Å²) in [5.74, 6) is -0.995. The molecular formula is C59H98O6. The van der Waals surface area contributed by atoms with Crippen molar-refractivity contribution in [3.8, 4) is 0 Å². The van der Waals surface area contributed by atoms with Gasteiger partial charge in [0.1, 0.15) is 13.2 Å². The lowest BCUT2D eigenvalue weighted by Crippen LogP contribution is -2.30. The molecule has 0 saturated heterocycles. The highest BCUT2D eigenvalue weighted by molar-refractivity contribution is 5.71. The summed E-state index contributed by atoms with van der Waals surface area (Å²) in [6.07, 6.45) is 69.6. The smallest absolute Gasteiger partial charge is 0.306 e. The van der Waals surface area contributed by atoms with Crippen LogP contribution in [0, 0.1) is 0 Å². The molecule has 370 valence electrons. The number of carbonyl (C=O) groups excluding carboxylic acids is 3.